The molecule has 0 amide bonds. The first-order valence-corrected chi connectivity index (χ1v) is 17.4. The first kappa shape index (κ1) is 28.6. The molecular formula is C45H27N3OS. The van der Waals surface area contributed by atoms with Crippen molar-refractivity contribution in [2.24, 2.45) is 0 Å². The van der Waals surface area contributed by atoms with Crippen LogP contribution in [-0.4, -0.2) is 15.0 Å². The van der Waals surface area contributed by atoms with Crippen LogP contribution in [0.25, 0.3) is 98.5 Å². The third-order valence-corrected chi connectivity index (χ3v) is 10.5. The van der Waals surface area contributed by atoms with E-state index in [0.717, 1.165) is 49.8 Å². The van der Waals surface area contributed by atoms with E-state index in [9.17, 15) is 0 Å². The van der Waals surface area contributed by atoms with E-state index in [1.807, 2.05) is 48.5 Å². The minimum atomic E-state index is 0.610. The van der Waals surface area contributed by atoms with Crippen molar-refractivity contribution in [3.8, 4) is 56.4 Å². The Morgan fingerprint density at radius 3 is 1.74 bits per heavy atom. The van der Waals surface area contributed by atoms with Crippen molar-refractivity contribution in [2.45, 2.75) is 0 Å². The first-order chi connectivity index (χ1) is 24.7. The van der Waals surface area contributed by atoms with Crippen molar-refractivity contribution in [3.63, 3.8) is 0 Å². The van der Waals surface area contributed by atoms with E-state index in [1.165, 1.54) is 31.3 Å². The van der Waals surface area contributed by atoms with Crippen LogP contribution in [0.1, 0.15) is 0 Å². The number of rotatable bonds is 5. The van der Waals surface area contributed by atoms with Crippen LogP contribution < -0.4 is 0 Å². The SMILES string of the molecule is c1ccc(-c2ccc(-c3ccc4c(c3)oc3cccc(-c5nc(-c6ccccc6)nc(-c6ccc7c(c6)sc6ccccc67)n5)c34)cc2)cc1. The summed E-state index contributed by atoms with van der Waals surface area (Å²) in [5.74, 6) is 1.88. The number of aromatic nitrogens is 3. The van der Waals surface area contributed by atoms with Crippen molar-refractivity contribution < 1.29 is 4.42 Å². The van der Waals surface area contributed by atoms with Gasteiger partial charge in [-0.1, -0.05) is 133 Å². The lowest BCUT2D eigenvalue weighted by molar-refractivity contribution is 0.669. The molecule has 0 atom stereocenters. The number of hydrogen-bond acceptors (Lipinski definition) is 5. The van der Waals surface area contributed by atoms with Crippen LogP contribution in [0.15, 0.2) is 168 Å². The van der Waals surface area contributed by atoms with Gasteiger partial charge < -0.3 is 4.42 Å². The monoisotopic (exact) mass is 657 g/mol. The third kappa shape index (κ3) is 4.87. The Balaban J connectivity index is 1.10. The quantitative estimate of drug-likeness (QED) is 0.185. The molecule has 0 radical (unpaired) electrons. The van der Waals surface area contributed by atoms with Gasteiger partial charge in [0.05, 0.1) is 0 Å². The molecule has 0 fully saturated rings. The Hall–Kier alpha value is -6.43. The average molecular weight is 658 g/mol. The molecule has 234 valence electrons. The van der Waals surface area contributed by atoms with E-state index in [-0.39, 0.29) is 0 Å². The number of benzene rings is 7. The highest BCUT2D eigenvalue weighted by Crippen LogP contribution is 2.40. The van der Waals surface area contributed by atoms with E-state index in [2.05, 4.69) is 115 Å². The summed E-state index contributed by atoms with van der Waals surface area (Å²) in [6.07, 6.45) is 0. The maximum Gasteiger partial charge on any atom is 0.164 e. The number of nitrogens with zero attached hydrogens (tertiary/aromatic N) is 3. The second-order valence-corrected chi connectivity index (χ2v) is 13.5. The van der Waals surface area contributed by atoms with E-state index < -0.39 is 0 Å². The predicted octanol–water partition coefficient (Wildman–Crippen LogP) is 12.5. The van der Waals surface area contributed by atoms with Crippen LogP contribution in [0.3, 0.4) is 0 Å². The van der Waals surface area contributed by atoms with Crippen molar-refractivity contribution in [2.75, 3.05) is 0 Å². The van der Waals surface area contributed by atoms with Gasteiger partial charge in [-0.15, -0.1) is 11.3 Å². The standard InChI is InChI=1S/C45H27N3OS/c1-3-10-28(11-4-1)29-18-20-30(21-19-29)32-22-25-36-39(26-32)49-38-16-9-15-37(42(36)38)45-47-43(31-12-5-2-6-13-31)46-44(48-45)33-23-24-35-34-14-7-8-17-40(34)50-41(35)27-33/h1-27H. The van der Waals surface area contributed by atoms with Gasteiger partial charge in [-0.2, -0.15) is 0 Å². The molecule has 0 N–H and O–H groups in total. The Kier molecular flexibility index (Phi) is 6.64. The molecular weight excluding hydrogens is 631 g/mol. The van der Waals surface area contributed by atoms with Gasteiger partial charge in [0.25, 0.3) is 0 Å². The molecule has 0 aliphatic carbocycles. The fourth-order valence-electron chi connectivity index (χ4n) is 6.88. The van der Waals surface area contributed by atoms with E-state index in [0.29, 0.717) is 17.5 Å². The summed E-state index contributed by atoms with van der Waals surface area (Å²) < 4.78 is 8.99. The zero-order chi connectivity index (χ0) is 33.0. The molecule has 0 unspecified atom stereocenters. The van der Waals surface area contributed by atoms with E-state index in [1.54, 1.807) is 11.3 Å². The lowest BCUT2D eigenvalue weighted by atomic mass is 9.99. The minimum absolute atomic E-state index is 0.610. The fraction of sp³-hybridized carbons (Fsp3) is 0. The van der Waals surface area contributed by atoms with Crippen molar-refractivity contribution in [1.82, 2.24) is 15.0 Å². The molecule has 10 rings (SSSR count). The maximum atomic E-state index is 6.51. The molecule has 3 heterocycles. The molecule has 0 aliphatic heterocycles. The number of fused-ring (bicyclic) bond motifs is 6. The highest BCUT2D eigenvalue weighted by atomic mass is 32.1. The highest BCUT2D eigenvalue weighted by Gasteiger charge is 2.19. The topological polar surface area (TPSA) is 51.8 Å². The summed E-state index contributed by atoms with van der Waals surface area (Å²) in [5, 5.41) is 4.53. The Labute approximate surface area is 292 Å². The smallest absolute Gasteiger partial charge is 0.164 e. The molecule has 50 heavy (non-hydrogen) atoms. The van der Waals surface area contributed by atoms with Crippen LogP contribution in [0.4, 0.5) is 0 Å². The lowest BCUT2D eigenvalue weighted by Crippen LogP contribution is -2.00. The largest absolute Gasteiger partial charge is 0.456 e. The summed E-state index contributed by atoms with van der Waals surface area (Å²) in [6, 6.07) is 56.9. The summed E-state index contributed by atoms with van der Waals surface area (Å²) in [4.78, 5) is 15.2. The molecule has 4 nitrogen and oxygen atoms in total. The van der Waals surface area contributed by atoms with E-state index in [4.69, 9.17) is 19.4 Å². The summed E-state index contributed by atoms with van der Waals surface area (Å²) in [5.41, 5.74) is 9.06. The van der Waals surface area contributed by atoms with Gasteiger partial charge >= 0.3 is 0 Å². The zero-order valence-electron chi connectivity index (χ0n) is 26.7. The summed E-state index contributed by atoms with van der Waals surface area (Å²) in [6.45, 7) is 0. The number of hydrogen-bond donors (Lipinski definition) is 0. The summed E-state index contributed by atoms with van der Waals surface area (Å²) in [7, 11) is 0. The Bertz CT molecular complexity index is 2860. The molecule has 7 aromatic carbocycles. The fourth-order valence-corrected chi connectivity index (χ4v) is 8.03. The van der Waals surface area contributed by atoms with Crippen LogP contribution in [-0.2, 0) is 0 Å². The van der Waals surface area contributed by atoms with Crippen molar-refractivity contribution in [1.29, 1.82) is 0 Å². The second kappa shape index (κ2) is 11.6. The normalized spacial score (nSPS) is 11.6. The van der Waals surface area contributed by atoms with Gasteiger partial charge in [0.2, 0.25) is 0 Å². The molecule has 10 aromatic rings. The second-order valence-electron chi connectivity index (χ2n) is 12.4. The van der Waals surface area contributed by atoms with Gasteiger partial charge in [-0.3, -0.25) is 0 Å². The van der Waals surface area contributed by atoms with Gasteiger partial charge in [0.15, 0.2) is 17.5 Å². The van der Waals surface area contributed by atoms with E-state index >= 15 is 0 Å². The van der Waals surface area contributed by atoms with Crippen LogP contribution in [0.5, 0.6) is 0 Å². The molecule has 3 aromatic heterocycles. The van der Waals surface area contributed by atoms with Crippen LogP contribution >= 0.6 is 11.3 Å². The molecule has 5 heteroatoms. The van der Waals surface area contributed by atoms with Crippen LogP contribution in [0.2, 0.25) is 0 Å². The highest BCUT2D eigenvalue weighted by molar-refractivity contribution is 7.25. The van der Waals surface area contributed by atoms with Crippen LogP contribution in [0, 0.1) is 0 Å². The van der Waals surface area contributed by atoms with Gasteiger partial charge in [-0.25, -0.2) is 15.0 Å². The first-order valence-electron chi connectivity index (χ1n) is 16.6. The lowest BCUT2D eigenvalue weighted by Gasteiger charge is -2.09. The zero-order valence-corrected chi connectivity index (χ0v) is 27.6. The number of thiophene rings is 1. The molecule has 0 saturated carbocycles. The van der Waals surface area contributed by atoms with Gasteiger partial charge in [0.1, 0.15) is 11.2 Å². The molecule has 0 bridgehead atoms. The molecule has 0 spiro atoms. The Morgan fingerprint density at radius 1 is 0.360 bits per heavy atom. The minimum Gasteiger partial charge on any atom is -0.456 e. The molecule has 0 aliphatic rings. The van der Waals surface area contributed by atoms with Crippen molar-refractivity contribution >= 4 is 53.4 Å². The van der Waals surface area contributed by atoms with Crippen molar-refractivity contribution in [3.05, 3.63) is 164 Å². The maximum absolute atomic E-state index is 6.51. The average Bonchev–Trinajstić information content (AvgIpc) is 3.76. The summed E-state index contributed by atoms with van der Waals surface area (Å²) >= 11 is 1.79. The predicted molar refractivity (Wildman–Crippen MR) is 207 cm³/mol. The Morgan fingerprint density at radius 2 is 0.940 bits per heavy atom. The number of furan rings is 1. The molecule has 0 saturated heterocycles. The van der Waals surface area contributed by atoms with Gasteiger partial charge in [0, 0.05) is 47.6 Å². The van der Waals surface area contributed by atoms with Gasteiger partial charge in [-0.05, 0) is 52.6 Å². The third-order valence-electron chi connectivity index (χ3n) is 9.37.